The highest BCUT2D eigenvalue weighted by molar-refractivity contribution is 5.88. The Morgan fingerprint density at radius 2 is 1.89 bits per heavy atom. The van der Waals surface area contributed by atoms with Gasteiger partial charge >= 0.3 is 0 Å². The maximum atomic E-state index is 11.0. The largest absolute Gasteiger partial charge is 0.369 e. The van der Waals surface area contributed by atoms with Crippen LogP contribution < -0.4 is 10.6 Å². The molecule has 0 bridgehead atoms. The Kier molecular flexibility index (Phi) is 4.09. The van der Waals surface area contributed by atoms with E-state index in [9.17, 15) is 4.79 Å². The number of anilines is 1. The van der Waals surface area contributed by atoms with E-state index in [1.807, 2.05) is 6.07 Å². The van der Waals surface area contributed by atoms with Crippen molar-refractivity contribution in [3.63, 3.8) is 0 Å². The minimum Gasteiger partial charge on any atom is -0.369 e. The molecule has 0 spiro atoms. The molecule has 1 amide bonds. The average Bonchev–Trinajstić information content (AvgIpc) is 2.40. The average molecular weight is 248 g/mol. The van der Waals surface area contributed by atoms with Gasteiger partial charge in [0.25, 0.3) is 0 Å². The lowest BCUT2D eigenvalue weighted by Gasteiger charge is -2.35. The van der Waals surface area contributed by atoms with Crippen molar-refractivity contribution in [3.05, 3.63) is 24.4 Å². The van der Waals surface area contributed by atoms with E-state index in [1.54, 1.807) is 19.3 Å². The van der Waals surface area contributed by atoms with Crippen LogP contribution in [0, 0.1) is 5.92 Å². The van der Waals surface area contributed by atoms with E-state index in [-0.39, 0.29) is 5.91 Å². The highest BCUT2D eigenvalue weighted by atomic mass is 16.1. The van der Waals surface area contributed by atoms with Crippen LogP contribution in [-0.2, 0) is 4.79 Å². The summed E-state index contributed by atoms with van der Waals surface area (Å²) in [4.78, 5) is 23.8. The molecule has 1 aromatic heterocycles. The van der Waals surface area contributed by atoms with Gasteiger partial charge in [0.2, 0.25) is 11.9 Å². The number of amides is 1. The van der Waals surface area contributed by atoms with Crippen molar-refractivity contribution in [1.29, 1.82) is 0 Å². The first-order valence-corrected chi connectivity index (χ1v) is 6.03. The predicted molar refractivity (Wildman–Crippen MR) is 68.8 cm³/mol. The second kappa shape index (κ2) is 5.77. The summed E-state index contributed by atoms with van der Waals surface area (Å²) in [7, 11) is 0. The van der Waals surface area contributed by atoms with Crippen LogP contribution in [0.15, 0.2) is 18.5 Å². The van der Waals surface area contributed by atoms with Crippen LogP contribution in [0.5, 0.6) is 0 Å². The van der Waals surface area contributed by atoms with Gasteiger partial charge in [-0.2, -0.15) is 0 Å². The van der Waals surface area contributed by atoms with Gasteiger partial charge < -0.3 is 10.6 Å². The number of hydrogen-bond donors (Lipinski definition) is 1. The molecule has 2 rings (SSSR count). The topological polar surface area (TPSA) is 75.3 Å². The number of primary amides is 1. The summed E-state index contributed by atoms with van der Waals surface area (Å²) in [6.45, 7) is 5.96. The third kappa shape index (κ3) is 3.16. The van der Waals surface area contributed by atoms with E-state index in [2.05, 4.69) is 19.8 Å². The molecular weight excluding hydrogens is 230 g/mol. The molecule has 2 heterocycles. The quantitative estimate of drug-likeness (QED) is 0.790. The summed E-state index contributed by atoms with van der Waals surface area (Å²) in [5.74, 6) is 1.16. The molecule has 1 fully saturated rings. The third-order valence-electron chi connectivity index (χ3n) is 3.09. The van der Waals surface area contributed by atoms with E-state index in [4.69, 9.17) is 5.73 Å². The smallest absolute Gasteiger partial charge is 0.225 e. The Hall–Kier alpha value is -1.69. The zero-order valence-electron chi connectivity index (χ0n) is 10.5. The molecule has 1 radical (unpaired) electrons. The molecule has 1 saturated heterocycles. The van der Waals surface area contributed by atoms with Gasteiger partial charge in [-0.05, 0) is 13.0 Å². The summed E-state index contributed by atoms with van der Waals surface area (Å²) < 4.78 is 0. The van der Waals surface area contributed by atoms with E-state index < -0.39 is 0 Å². The molecule has 0 aliphatic carbocycles. The lowest BCUT2D eigenvalue weighted by Crippen LogP contribution is -2.48. The van der Waals surface area contributed by atoms with E-state index in [1.165, 1.54) is 0 Å². The lowest BCUT2D eigenvalue weighted by molar-refractivity contribution is -0.116. The van der Waals surface area contributed by atoms with Crippen molar-refractivity contribution in [2.75, 3.05) is 37.6 Å². The fourth-order valence-corrected chi connectivity index (χ4v) is 1.97. The van der Waals surface area contributed by atoms with Crippen molar-refractivity contribution in [2.45, 2.75) is 6.92 Å². The van der Waals surface area contributed by atoms with Crippen molar-refractivity contribution < 1.29 is 4.79 Å². The molecule has 1 aromatic rings. The second-order valence-corrected chi connectivity index (χ2v) is 4.46. The molecule has 1 aliphatic heterocycles. The third-order valence-corrected chi connectivity index (χ3v) is 3.09. The first kappa shape index (κ1) is 12.8. The summed E-state index contributed by atoms with van der Waals surface area (Å²) in [6, 6.07) is 1.81. The Balaban J connectivity index is 1.83. The standard InChI is InChI=1S/C12H18N5O/c1-10(11(13)18)9-16-5-7-17(8-6-16)12-14-3-2-4-15-12/h2-4H,5-9H2,1H3,(H2,13,18). The van der Waals surface area contributed by atoms with Gasteiger partial charge in [-0.25, -0.2) is 9.97 Å². The van der Waals surface area contributed by atoms with Gasteiger partial charge in [0.05, 0.1) is 5.92 Å². The summed E-state index contributed by atoms with van der Waals surface area (Å²) in [5.41, 5.74) is 5.24. The lowest BCUT2D eigenvalue weighted by atomic mass is 10.1. The maximum Gasteiger partial charge on any atom is 0.225 e. The summed E-state index contributed by atoms with van der Waals surface area (Å²) in [6.07, 6.45) is 3.50. The second-order valence-electron chi connectivity index (χ2n) is 4.46. The molecule has 6 nitrogen and oxygen atoms in total. The Morgan fingerprint density at radius 1 is 1.28 bits per heavy atom. The van der Waals surface area contributed by atoms with Gasteiger partial charge in [-0.15, -0.1) is 0 Å². The molecule has 1 aliphatic rings. The Bertz CT molecular complexity index is 389. The molecule has 0 saturated carbocycles. The SMILES string of the molecule is C[C](CN1CCN(c2ncccn2)CC1)C(N)=O. The number of carbonyl (C=O) groups is 1. The van der Waals surface area contributed by atoms with Gasteiger partial charge in [-0.1, -0.05) is 0 Å². The maximum absolute atomic E-state index is 11.0. The molecule has 0 atom stereocenters. The molecule has 97 valence electrons. The van der Waals surface area contributed by atoms with Crippen LogP contribution in [0.3, 0.4) is 0 Å². The first-order valence-electron chi connectivity index (χ1n) is 6.03. The van der Waals surface area contributed by atoms with Crippen LogP contribution in [0.25, 0.3) is 0 Å². The van der Waals surface area contributed by atoms with Crippen LogP contribution in [0.4, 0.5) is 5.95 Å². The van der Waals surface area contributed by atoms with E-state index in [0.29, 0.717) is 12.5 Å². The molecule has 0 aromatic carbocycles. The fourth-order valence-electron chi connectivity index (χ4n) is 1.97. The van der Waals surface area contributed by atoms with Crippen molar-refractivity contribution in [1.82, 2.24) is 14.9 Å². The van der Waals surface area contributed by atoms with E-state index >= 15 is 0 Å². The first-order chi connectivity index (χ1) is 8.66. The minimum atomic E-state index is -0.316. The van der Waals surface area contributed by atoms with Gasteiger partial charge in [0.15, 0.2) is 0 Å². The van der Waals surface area contributed by atoms with Crippen molar-refractivity contribution >= 4 is 11.9 Å². The normalized spacial score (nSPS) is 17.1. The Morgan fingerprint density at radius 3 is 2.44 bits per heavy atom. The molecule has 18 heavy (non-hydrogen) atoms. The highest BCUT2D eigenvalue weighted by Crippen LogP contribution is 2.11. The molecular formula is C12H18N5O. The van der Waals surface area contributed by atoms with Crippen LogP contribution in [-0.4, -0.2) is 53.5 Å². The Labute approximate surface area is 107 Å². The molecule has 6 heteroatoms. The van der Waals surface area contributed by atoms with E-state index in [0.717, 1.165) is 32.1 Å². The number of piperazine rings is 1. The highest BCUT2D eigenvalue weighted by Gasteiger charge is 2.21. The van der Waals surface area contributed by atoms with Crippen LogP contribution >= 0.6 is 0 Å². The fraction of sp³-hybridized carbons (Fsp3) is 0.500. The number of aromatic nitrogens is 2. The number of nitrogens with zero attached hydrogens (tertiary/aromatic N) is 4. The van der Waals surface area contributed by atoms with Gasteiger partial charge in [-0.3, -0.25) is 9.69 Å². The van der Waals surface area contributed by atoms with Crippen molar-refractivity contribution in [3.8, 4) is 0 Å². The van der Waals surface area contributed by atoms with Crippen LogP contribution in [0.1, 0.15) is 6.92 Å². The monoisotopic (exact) mass is 248 g/mol. The van der Waals surface area contributed by atoms with Crippen LogP contribution in [0.2, 0.25) is 0 Å². The summed E-state index contributed by atoms with van der Waals surface area (Å²) >= 11 is 0. The number of rotatable bonds is 4. The summed E-state index contributed by atoms with van der Waals surface area (Å²) in [5, 5.41) is 0. The predicted octanol–water partition coefficient (Wildman–Crippen LogP) is -0.322. The molecule has 2 N–H and O–H groups in total. The zero-order chi connectivity index (χ0) is 13.0. The molecule has 0 unspecified atom stereocenters. The van der Waals surface area contributed by atoms with Crippen molar-refractivity contribution in [2.24, 2.45) is 5.73 Å². The minimum absolute atomic E-state index is 0.316. The number of carbonyl (C=O) groups excluding carboxylic acids is 1. The van der Waals surface area contributed by atoms with Gasteiger partial charge in [0, 0.05) is 45.1 Å². The van der Waals surface area contributed by atoms with Gasteiger partial charge in [0.1, 0.15) is 0 Å². The zero-order valence-corrected chi connectivity index (χ0v) is 10.5. The number of hydrogen-bond acceptors (Lipinski definition) is 5. The number of nitrogens with two attached hydrogens (primary N) is 1.